The largest absolute Gasteiger partial charge is 0.379 e. The molecule has 2 heterocycles. The molecule has 0 bridgehead atoms. The molecule has 0 aromatic heterocycles. The van der Waals surface area contributed by atoms with E-state index in [1.807, 2.05) is 0 Å². The van der Waals surface area contributed by atoms with E-state index in [2.05, 4.69) is 16.7 Å². The quantitative estimate of drug-likeness (QED) is 0.714. The molecule has 0 aliphatic carbocycles. The monoisotopic (exact) mass is 297 g/mol. The number of carbonyl (C=O) groups excluding carboxylic acids is 1. The molecule has 2 fully saturated rings. The Morgan fingerprint density at radius 2 is 1.86 bits per heavy atom. The van der Waals surface area contributed by atoms with Crippen LogP contribution in [0.5, 0.6) is 0 Å². The van der Waals surface area contributed by atoms with E-state index in [4.69, 9.17) is 10.5 Å². The third kappa shape index (κ3) is 4.94. The first-order chi connectivity index (χ1) is 10.2. The lowest BCUT2D eigenvalue weighted by Crippen LogP contribution is -2.47. The minimum Gasteiger partial charge on any atom is -0.379 e. The topological polar surface area (TPSA) is 58.8 Å². The van der Waals surface area contributed by atoms with Crippen molar-refractivity contribution in [2.75, 3.05) is 45.9 Å². The minimum atomic E-state index is 0.338. The smallest absolute Gasteiger partial charge is 0.222 e. The van der Waals surface area contributed by atoms with Crippen LogP contribution in [-0.2, 0) is 9.53 Å². The number of unbranched alkanes of at least 4 members (excludes halogenated alkanes) is 3. The SMILES string of the molecule is CC1CN(C(=O)CCCCCCN)CC1N1CCOCC1. The average Bonchev–Trinajstić information content (AvgIpc) is 2.90. The van der Waals surface area contributed by atoms with Gasteiger partial charge in [-0.05, 0) is 25.3 Å². The van der Waals surface area contributed by atoms with Crippen molar-refractivity contribution in [1.82, 2.24) is 9.80 Å². The zero-order chi connectivity index (χ0) is 15.1. The molecule has 0 aromatic rings. The predicted octanol–water partition coefficient (Wildman–Crippen LogP) is 1.07. The maximum absolute atomic E-state index is 12.3. The molecule has 2 aliphatic heterocycles. The van der Waals surface area contributed by atoms with Crippen LogP contribution >= 0.6 is 0 Å². The van der Waals surface area contributed by atoms with E-state index >= 15 is 0 Å². The summed E-state index contributed by atoms with van der Waals surface area (Å²) in [5.41, 5.74) is 5.48. The lowest BCUT2D eigenvalue weighted by Gasteiger charge is -2.34. The fraction of sp³-hybridized carbons (Fsp3) is 0.938. The van der Waals surface area contributed by atoms with Gasteiger partial charge in [0, 0.05) is 38.6 Å². The summed E-state index contributed by atoms with van der Waals surface area (Å²) in [6.07, 6.45) is 5.06. The molecule has 0 spiro atoms. The Hall–Kier alpha value is -0.650. The summed E-state index contributed by atoms with van der Waals surface area (Å²) < 4.78 is 5.42. The van der Waals surface area contributed by atoms with Crippen LogP contribution in [-0.4, -0.2) is 67.7 Å². The number of nitrogens with two attached hydrogens (primary N) is 1. The first kappa shape index (κ1) is 16.7. The van der Waals surface area contributed by atoms with Gasteiger partial charge in [0.15, 0.2) is 0 Å². The van der Waals surface area contributed by atoms with E-state index in [0.29, 0.717) is 24.3 Å². The first-order valence-corrected chi connectivity index (χ1v) is 8.52. The molecule has 1 amide bonds. The van der Waals surface area contributed by atoms with E-state index < -0.39 is 0 Å². The maximum atomic E-state index is 12.3. The normalized spacial score (nSPS) is 27.2. The van der Waals surface area contributed by atoms with Crippen LogP contribution in [0.1, 0.15) is 39.0 Å². The Morgan fingerprint density at radius 3 is 2.57 bits per heavy atom. The van der Waals surface area contributed by atoms with Crippen molar-refractivity contribution in [3.8, 4) is 0 Å². The lowest BCUT2D eigenvalue weighted by atomic mass is 10.0. The lowest BCUT2D eigenvalue weighted by molar-refractivity contribution is -0.130. The van der Waals surface area contributed by atoms with Gasteiger partial charge in [-0.25, -0.2) is 0 Å². The highest BCUT2D eigenvalue weighted by Gasteiger charge is 2.36. The third-order valence-corrected chi connectivity index (χ3v) is 4.78. The van der Waals surface area contributed by atoms with Crippen LogP contribution in [0.4, 0.5) is 0 Å². The molecule has 2 rings (SSSR count). The Balaban J connectivity index is 1.70. The van der Waals surface area contributed by atoms with Crippen molar-refractivity contribution in [3.05, 3.63) is 0 Å². The summed E-state index contributed by atoms with van der Waals surface area (Å²) in [4.78, 5) is 16.9. The van der Waals surface area contributed by atoms with Gasteiger partial charge in [-0.3, -0.25) is 9.69 Å². The second-order valence-corrected chi connectivity index (χ2v) is 6.44. The molecular weight excluding hydrogens is 266 g/mol. The fourth-order valence-electron chi connectivity index (χ4n) is 3.47. The molecule has 21 heavy (non-hydrogen) atoms. The number of rotatable bonds is 7. The Bertz CT molecular complexity index is 319. The van der Waals surface area contributed by atoms with Crippen molar-refractivity contribution in [2.45, 2.75) is 45.1 Å². The Kier molecular flexibility index (Phi) is 6.93. The summed E-state index contributed by atoms with van der Waals surface area (Å²) in [7, 11) is 0. The van der Waals surface area contributed by atoms with E-state index in [1.54, 1.807) is 0 Å². The Labute approximate surface area is 128 Å². The summed E-state index contributed by atoms with van der Waals surface area (Å²) in [6.45, 7) is 8.54. The van der Waals surface area contributed by atoms with Gasteiger partial charge in [-0.15, -0.1) is 0 Å². The van der Waals surface area contributed by atoms with Gasteiger partial charge in [0.05, 0.1) is 13.2 Å². The molecule has 0 saturated carbocycles. The van der Waals surface area contributed by atoms with Gasteiger partial charge < -0.3 is 15.4 Å². The third-order valence-electron chi connectivity index (χ3n) is 4.78. The number of amides is 1. The highest BCUT2D eigenvalue weighted by molar-refractivity contribution is 5.76. The standard InChI is InChI=1S/C16H31N3O2/c1-14-12-19(16(20)6-4-2-3-5-7-17)13-15(14)18-8-10-21-11-9-18/h14-15H,2-13,17H2,1H3. The number of hydrogen-bond acceptors (Lipinski definition) is 4. The molecule has 0 radical (unpaired) electrons. The molecule has 5 nitrogen and oxygen atoms in total. The average molecular weight is 297 g/mol. The number of ether oxygens (including phenoxy) is 1. The Morgan fingerprint density at radius 1 is 1.14 bits per heavy atom. The van der Waals surface area contributed by atoms with Crippen LogP contribution in [0.25, 0.3) is 0 Å². The summed E-state index contributed by atoms with van der Waals surface area (Å²) >= 11 is 0. The van der Waals surface area contributed by atoms with Crippen molar-refractivity contribution in [2.24, 2.45) is 11.7 Å². The zero-order valence-corrected chi connectivity index (χ0v) is 13.4. The number of likely N-dealkylation sites (tertiary alicyclic amines) is 1. The molecule has 2 atom stereocenters. The molecule has 5 heteroatoms. The van der Waals surface area contributed by atoms with Gasteiger partial charge in [-0.1, -0.05) is 19.8 Å². The molecular formula is C16H31N3O2. The molecule has 2 unspecified atom stereocenters. The van der Waals surface area contributed by atoms with Crippen LogP contribution in [0.15, 0.2) is 0 Å². The molecule has 0 aromatic carbocycles. The van der Waals surface area contributed by atoms with Crippen molar-refractivity contribution >= 4 is 5.91 Å². The fourth-order valence-corrected chi connectivity index (χ4v) is 3.47. The van der Waals surface area contributed by atoms with Crippen LogP contribution in [0, 0.1) is 5.92 Å². The van der Waals surface area contributed by atoms with Crippen molar-refractivity contribution < 1.29 is 9.53 Å². The number of carbonyl (C=O) groups is 1. The van der Waals surface area contributed by atoms with E-state index in [9.17, 15) is 4.79 Å². The highest BCUT2D eigenvalue weighted by Crippen LogP contribution is 2.23. The first-order valence-electron chi connectivity index (χ1n) is 8.52. The number of nitrogens with zero attached hydrogens (tertiary/aromatic N) is 2. The number of hydrogen-bond donors (Lipinski definition) is 1. The van der Waals surface area contributed by atoms with Crippen molar-refractivity contribution in [1.29, 1.82) is 0 Å². The van der Waals surface area contributed by atoms with Gasteiger partial charge in [0.1, 0.15) is 0 Å². The maximum Gasteiger partial charge on any atom is 0.222 e. The van der Waals surface area contributed by atoms with Crippen LogP contribution in [0.3, 0.4) is 0 Å². The summed E-state index contributed by atoms with van der Waals surface area (Å²) in [6, 6.07) is 0.523. The van der Waals surface area contributed by atoms with Gasteiger partial charge in [0.2, 0.25) is 5.91 Å². The molecule has 2 saturated heterocycles. The van der Waals surface area contributed by atoms with Crippen LogP contribution in [0.2, 0.25) is 0 Å². The molecule has 2 aliphatic rings. The van der Waals surface area contributed by atoms with Gasteiger partial charge >= 0.3 is 0 Å². The van der Waals surface area contributed by atoms with E-state index in [0.717, 1.165) is 71.6 Å². The predicted molar refractivity (Wildman–Crippen MR) is 84.1 cm³/mol. The highest BCUT2D eigenvalue weighted by atomic mass is 16.5. The number of morpholine rings is 1. The van der Waals surface area contributed by atoms with Gasteiger partial charge in [0.25, 0.3) is 0 Å². The molecule has 122 valence electrons. The minimum absolute atomic E-state index is 0.338. The summed E-state index contributed by atoms with van der Waals surface area (Å²) in [5.74, 6) is 0.912. The van der Waals surface area contributed by atoms with E-state index in [-0.39, 0.29) is 0 Å². The van der Waals surface area contributed by atoms with Crippen LogP contribution < -0.4 is 5.73 Å². The summed E-state index contributed by atoms with van der Waals surface area (Å²) in [5, 5.41) is 0. The van der Waals surface area contributed by atoms with Gasteiger partial charge in [-0.2, -0.15) is 0 Å². The molecule has 2 N–H and O–H groups in total. The van der Waals surface area contributed by atoms with E-state index in [1.165, 1.54) is 0 Å². The second kappa shape index (κ2) is 8.71. The van der Waals surface area contributed by atoms with Crippen molar-refractivity contribution in [3.63, 3.8) is 0 Å². The zero-order valence-electron chi connectivity index (χ0n) is 13.4. The second-order valence-electron chi connectivity index (χ2n) is 6.44.